The Labute approximate surface area is 166 Å². The summed E-state index contributed by atoms with van der Waals surface area (Å²) in [5.41, 5.74) is 1.58. The van der Waals surface area contributed by atoms with Crippen molar-refractivity contribution in [3.8, 4) is 0 Å². The molecule has 0 atom stereocenters. The van der Waals surface area contributed by atoms with Gasteiger partial charge in [0.2, 0.25) is 5.78 Å². The van der Waals surface area contributed by atoms with E-state index in [1.807, 2.05) is 4.90 Å². The van der Waals surface area contributed by atoms with Gasteiger partial charge in [-0.15, -0.1) is 0 Å². The van der Waals surface area contributed by atoms with Crippen LogP contribution in [-0.4, -0.2) is 33.1 Å². The van der Waals surface area contributed by atoms with Crippen LogP contribution in [0.2, 0.25) is 0 Å². The van der Waals surface area contributed by atoms with Crippen LogP contribution in [0.3, 0.4) is 0 Å². The maximum atomic E-state index is 12.7. The highest BCUT2D eigenvalue weighted by Crippen LogP contribution is 2.37. The van der Waals surface area contributed by atoms with Crippen LogP contribution in [0.1, 0.15) is 24.2 Å². The zero-order valence-electron chi connectivity index (χ0n) is 14.9. The second-order valence-corrected chi connectivity index (χ2v) is 10.1. The molecule has 0 unspecified atom stereocenters. The van der Waals surface area contributed by atoms with Crippen LogP contribution in [0.4, 0.5) is 11.4 Å². The normalized spacial score (nSPS) is 18.0. The Morgan fingerprint density at radius 3 is 2.70 bits per heavy atom. The van der Waals surface area contributed by atoms with Crippen molar-refractivity contribution in [2.24, 2.45) is 10.4 Å². The Kier molecular flexibility index (Phi) is 4.16. The number of hydrogen-bond donors (Lipinski definition) is 1. The largest absolute Gasteiger partial charge is 0.322 e. The summed E-state index contributed by atoms with van der Waals surface area (Å²) in [4.78, 5) is 19.2. The predicted octanol–water partition coefficient (Wildman–Crippen LogP) is 3.69. The first-order chi connectivity index (χ1) is 12.7. The van der Waals surface area contributed by atoms with Crippen molar-refractivity contribution in [2.45, 2.75) is 18.7 Å². The van der Waals surface area contributed by atoms with Gasteiger partial charge in [-0.3, -0.25) is 14.5 Å². The third-order valence-corrected chi connectivity index (χ3v) is 6.46. The van der Waals surface area contributed by atoms with Gasteiger partial charge in [0.05, 0.1) is 16.1 Å². The highest BCUT2D eigenvalue weighted by Gasteiger charge is 2.40. The number of rotatable bonds is 3. The van der Waals surface area contributed by atoms with Gasteiger partial charge >= 0.3 is 0 Å². The van der Waals surface area contributed by atoms with Crippen molar-refractivity contribution in [1.29, 1.82) is 0 Å². The molecular formula is C19H18BrN3O3S. The van der Waals surface area contributed by atoms with Gasteiger partial charge in [0.1, 0.15) is 0 Å². The van der Waals surface area contributed by atoms with E-state index >= 15 is 0 Å². The number of halogens is 1. The monoisotopic (exact) mass is 447 g/mol. The molecule has 2 heterocycles. The smallest absolute Gasteiger partial charge is 0.261 e. The fourth-order valence-electron chi connectivity index (χ4n) is 3.31. The lowest BCUT2D eigenvalue weighted by Gasteiger charge is -2.34. The van der Waals surface area contributed by atoms with Crippen molar-refractivity contribution in [3.63, 3.8) is 0 Å². The molecule has 4 rings (SSSR count). The molecule has 6 nitrogen and oxygen atoms in total. The summed E-state index contributed by atoms with van der Waals surface area (Å²) in [6.07, 6.45) is 0. The van der Waals surface area contributed by atoms with Gasteiger partial charge in [0.15, 0.2) is 5.84 Å². The number of nitrogens with one attached hydrogen (secondary N) is 1. The van der Waals surface area contributed by atoms with Gasteiger partial charge in [-0.2, -0.15) is 0 Å². The van der Waals surface area contributed by atoms with Crippen LogP contribution in [-0.2, 0) is 10.0 Å². The molecule has 0 saturated carbocycles. The molecular weight excluding hydrogens is 430 g/mol. The fraction of sp³-hybridized carbons (Fsp3) is 0.263. The molecule has 8 heteroatoms. The number of amidine groups is 1. The molecule has 0 fully saturated rings. The third-order valence-electron chi connectivity index (χ3n) is 4.59. The van der Waals surface area contributed by atoms with Crippen LogP contribution in [0.5, 0.6) is 0 Å². The van der Waals surface area contributed by atoms with Crippen molar-refractivity contribution in [1.82, 2.24) is 0 Å². The van der Waals surface area contributed by atoms with E-state index in [0.717, 1.165) is 5.69 Å². The highest BCUT2D eigenvalue weighted by molar-refractivity contribution is 9.10. The highest BCUT2D eigenvalue weighted by atomic mass is 79.9. The van der Waals surface area contributed by atoms with E-state index in [4.69, 9.17) is 0 Å². The first kappa shape index (κ1) is 18.2. The van der Waals surface area contributed by atoms with Crippen molar-refractivity contribution < 1.29 is 13.2 Å². The lowest BCUT2D eigenvalue weighted by molar-refractivity contribution is 0.106. The Balaban J connectivity index is 1.67. The van der Waals surface area contributed by atoms with Crippen LogP contribution >= 0.6 is 15.9 Å². The van der Waals surface area contributed by atoms with Gasteiger partial charge < -0.3 is 4.90 Å². The molecule has 0 amide bonds. The van der Waals surface area contributed by atoms with E-state index in [-0.39, 0.29) is 16.1 Å². The summed E-state index contributed by atoms with van der Waals surface area (Å²) in [6.45, 7) is 5.51. The molecule has 2 aliphatic rings. The number of anilines is 2. The zero-order chi connectivity index (χ0) is 19.4. The average molecular weight is 448 g/mol. The molecule has 0 aromatic heterocycles. The molecule has 0 bridgehead atoms. The Hall–Kier alpha value is -2.19. The van der Waals surface area contributed by atoms with E-state index in [1.165, 1.54) is 12.1 Å². The van der Waals surface area contributed by atoms with Crippen LogP contribution in [0.15, 0.2) is 56.8 Å². The summed E-state index contributed by atoms with van der Waals surface area (Å²) in [5.74, 6) is 0.278. The molecule has 0 saturated heterocycles. The number of carbonyl (C=O) groups is 1. The van der Waals surface area contributed by atoms with Crippen LogP contribution in [0.25, 0.3) is 0 Å². The van der Waals surface area contributed by atoms with Gasteiger partial charge in [0.25, 0.3) is 10.0 Å². The molecule has 0 radical (unpaired) electrons. The molecule has 1 N–H and O–H groups in total. The van der Waals surface area contributed by atoms with Crippen LogP contribution in [0, 0.1) is 5.41 Å². The van der Waals surface area contributed by atoms with E-state index in [1.54, 1.807) is 30.3 Å². The summed E-state index contributed by atoms with van der Waals surface area (Å²) in [6, 6.07) is 11.5. The van der Waals surface area contributed by atoms with Gasteiger partial charge in [-0.05, 0) is 36.4 Å². The first-order valence-corrected chi connectivity index (χ1v) is 10.7. The number of benzene rings is 2. The summed E-state index contributed by atoms with van der Waals surface area (Å²) < 4.78 is 28.5. The lowest BCUT2D eigenvalue weighted by Crippen LogP contribution is -2.44. The number of aliphatic imine (C=N–C) groups is 1. The Morgan fingerprint density at radius 2 is 1.96 bits per heavy atom. The second-order valence-electron chi connectivity index (χ2n) is 7.51. The van der Waals surface area contributed by atoms with Gasteiger partial charge in [0, 0.05) is 28.7 Å². The quantitative estimate of drug-likeness (QED) is 0.777. The van der Waals surface area contributed by atoms with Crippen molar-refractivity contribution in [3.05, 3.63) is 52.5 Å². The molecule has 0 aliphatic carbocycles. The standard InChI is InChI=1S/C19H18BrN3O3S/c1-19(2)10-21-18-17(24)15-9-13(6-7-16(15)23(18)11-19)22-27(25,26)14-5-3-4-12(20)8-14/h3-9,22H,10-11H2,1-2H3. The number of nitrogens with zero attached hydrogens (tertiary/aromatic N) is 2. The van der Waals surface area contributed by atoms with E-state index in [2.05, 4.69) is 39.5 Å². The Morgan fingerprint density at radius 1 is 1.19 bits per heavy atom. The maximum absolute atomic E-state index is 12.7. The van der Waals surface area contributed by atoms with Crippen LogP contribution < -0.4 is 9.62 Å². The summed E-state index contributed by atoms with van der Waals surface area (Å²) >= 11 is 3.28. The topological polar surface area (TPSA) is 78.8 Å². The third kappa shape index (κ3) is 3.27. The zero-order valence-corrected chi connectivity index (χ0v) is 17.3. The summed E-state index contributed by atoms with van der Waals surface area (Å²) in [5, 5.41) is 0. The Bertz CT molecular complexity index is 1090. The average Bonchev–Trinajstić information content (AvgIpc) is 2.85. The number of sulfonamides is 1. The molecule has 2 aromatic carbocycles. The summed E-state index contributed by atoms with van der Waals surface area (Å²) in [7, 11) is -3.75. The van der Waals surface area contributed by atoms with E-state index in [0.29, 0.717) is 34.6 Å². The SMILES string of the molecule is CC1(C)CN=C2C(=O)c3cc(NS(=O)(=O)c4cccc(Br)c4)ccc3N2C1. The van der Waals surface area contributed by atoms with Gasteiger partial charge in [-0.25, -0.2) is 8.42 Å². The van der Waals surface area contributed by atoms with E-state index < -0.39 is 10.0 Å². The minimum atomic E-state index is -3.75. The molecule has 0 spiro atoms. The molecule has 140 valence electrons. The molecule has 27 heavy (non-hydrogen) atoms. The second kappa shape index (κ2) is 6.17. The lowest BCUT2D eigenvalue weighted by atomic mass is 9.91. The van der Waals surface area contributed by atoms with Crippen molar-refractivity contribution >= 4 is 48.9 Å². The van der Waals surface area contributed by atoms with Crippen molar-refractivity contribution in [2.75, 3.05) is 22.7 Å². The number of Topliss-reactive ketones (excluding diaryl/α,β-unsaturated/α-hetero) is 1. The molecule has 2 aliphatic heterocycles. The minimum absolute atomic E-state index is 0.0215. The maximum Gasteiger partial charge on any atom is 0.261 e. The minimum Gasteiger partial charge on any atom is -0.322 e. The number of carbonyl (C=O) groups excluding carboxylic acids is 1. The van der Waals surface area contributed by atoms with E-state index in [9.17, 15) is 13.2 Å². The fourth-order valence-corrected chi connectivity index (χ4v) is 4.95. The number of hydrogen-bond acceptors (Lipinski definition) is 5. The predicted molar refractivity (Wildman–Crippen MR) is 109 cm³/mol. The van der Waals surface area contributed by atoms with Gasteiger partial charge in [-0.1, -0.05) is 35.8 Å². The first-order valence-electron chi connectivity index (χ1n) is 8.45. The number of fused-ring (bicyclic) bond motifs is 3. The number of ketones is 1. The molecule has 2 aromatic rings.